The number of hydrogen-bond donors (Lipinski definition) is 1. The lowest BCUT2D eigenvalue weighted by Gasteiger charge is -2.20. The van der Waals surface area contributed by atoms with Crippen LogP contribution in [0.4, 0.5) is 5.69 Å². The molecule has 1 aromatic heterocycles. The lowest BCUT2D eigenvalue weighted by atomic mass is 10.2. The molecule has 0 amide bonds. The maximum absolute atomic E-state index is 12.6. The third-order valence-electron chi connectivity index (χ3n) is 3.16. The first-order chi connectivity index (χ1) is 9.75. The third-order valence-corrected chi connectivity index (χ3v) is 6.60. The van der Waals surface area contributed by atoms with Crippen LogP contribution in [0.3, 0.4) is 0 Å². The summed E-state index contributed by atoms with van der Waals surface area (Å²) in [7, 11) is -2.30. The molecule has 0 aliphatic rings. The molecule has 112 valence electrons. The Bertz CT molecular complexity index is 793. The van der Waals surface area contributed by atoms with E-state index >= 15 is 0 Å². The van der Waals surface area contributed by atoms with Crippen LogP contribution in [-0.4, -0.2) is 26.5 Å². The van der Waals surface area contributed by atoms with Crippen molar-refractivity contribution in [2.24, 2.45) is 0 Å². The number of hydrogen-bond acceptors (Lipinski definition) is 4. The molecule has 21 heavy (non-hydrogen) atoms. The molecular formula is C14H15NO4S2. The van der Waals surface area contributed by atoms with Gasteiger partial charge >= 0.3 is 5.97 Å². The van der Waals surface area contributed by atoms with Crippen LogP contribution in [0.5, 0.6) is 0 Å². The quantitative estimate of drug-likeness (QED) is 0.938. The number of aromatic carboxylic acids is 1. The van der Waals surface area contributed by atoms with Crippen LogP contribution in [0.15, 0.2) is 34.5 Å². The number of carboxylic acids is 1. The maximum Gasteiger partial charge on any atom is 0.346 e. The molecule has 0 saturated heterocycles. The predicted octanol–water partition coefficient (Wildman–Crippen LogP) is 2.89. The van der Waals surface area contributed by atoms with Crippen LogP contribution in [0, 0.1) is 13.8 Å². The van der Waals surface area contributed by atoms with Crippen molar-refractivity contribution in [3.05, 3.63) is 46.3 Å². The Balaban J connectivity index is 2.50. The minimum Gasteiger partial charge on any atom is -0.477 e. The molecule has 2 rings (SSSR count). The molecule has 1 N–H and O–H groups in total. The van der Waals surface area contributed by atoms with Gasteiger partial charge in [-0.3, -0.25) is 4.31 Å². The van der Waals surface area contributed by atoms with Gasteiger partial charge in [-0.05, 0) is 37.1 Å². The monoisotopic (exact) mass is 325 g/mol. The van der Waals surface area contributed by atoms with Crippen molar-refractivity contribution in [2.75, 3.05) is 11.4 Å². The lowest BCUT2D eigenvalue weighted by molar-refractivity contribution is 0.0701. The summed E-state index contributed by atoms with van der Waals surface area (Å²) >= 11 is 0.774. The van der Waals surface area contributed by atoms with Crippen LogP contribution >= 0.6 is 11.3 Å². The zero-order valence-corrected chi connectivity index (χ0v) is 13.5. The van der Waals surface area contributed by atoms with Crippen molar-refractivity contribution in [1.29, 1.82) is 0 Å². The standard InChI is InChI=1S/C14H15NO4S2/c1-9-6-4-5-7-11(9)15(3)21(18,19)12-8-10(2)13(20-12)14(16)17/h4-8H,1-3H3,(H,16,17). The number of para-hydroxylation sites is 1. The molecule has 0 bridgehead atoms. The van der Waals surface area contributed by atoms with E-state index in [0.29, 0.717) is 11.3 Å². The Morgan fingerprint density at radius 3 is 2.33 bits per heavy atom. The first-order valence-electron chi connectivity index (χ1n) is 6.13. The van der Waals surface area contributed by atoms with Gasteiger partial charge in [-0.2, -0.15) is 0 Å². The molecule has 1 heterocycles. The Labute approximate surface area is 127 Å². The van der Waals surface area contributed by atoms with Crippen LogP contribution in [0.25, 0.3) is 0 Å². The fourth-order valence-electron chi connectivity index (χ4n) is 1.97. The lowest BCUT2D eigenvalue weighted by Crippen LogP contribution is -2.26. The summed E-state index contributed by atoms with van der Waals surface area (Å²) in [5, 5.41) is 9.05. The van der Waals surface area contributed by atoms with E-state index in [-0.39, 0.29) is 9.09 Å². The average Bonchev–Trinajstić information content (AvgIpc) is 2.81. The summed E-state index contributed by atoms with van der Waals surface area (Å²) < 4.78 is 26.4. The number of carbonyl (C=O) groups is 1. The zero-order valence-electron chi connectivity index (χ0n) is 11.8. The first-order valence-corrected chi connectivity index (χ1v) is 8.39. The minimum atomic E-state index is -3.76. The number of carboxylic acid groups (broad SMARTS) is 1. The molecule has 1 aromatic carbocycles. The van der Waals surface area contributed by atoms with E-state index in [1.807, 2.05) is 19.1 Å². The Kier molecular flexibility index (Phi) is 4.06. The van der Waals surface area contributed by atoms with E-state index in [9.17, 15) is 13.2 Å². The minimum absolute atomic E-state index is 0.0307. The molecule has 0 saturated carbocycles. The van der Waals surface area contributed by atoms with Crippen molar-refractivity contribution in [2.45, 2.75) is 18.1 Å². The highest BCUT2D eigenvalue weighted by Crippen LogP contribution is 2.31. The zero-order chi connectivity index (χ0) is 15.8. The topological polar surface area (TPSA) is 74.7 Å². The van der Waals surface area contributed by atoms with Crippen molar-refractivity contribution in [1.82, 2.24) is 0 Å². The molecule has 0 fully saturated rings. The van der Waals surface area contributed by atoms with E-state index < -0.39 is 16.0 Å². The fraction of sp³-hybridized carbons (Fsp3) is 0.214. The second kappa shape index (κ2) is 5.50. The van der Waals surface area contributed by atoms with Crippen molar-refractivity contribution >= 4 is 33.0 Å². The van der Waals surface area contributed by atoms with Gasteiger partial charge in [-0.25, -0.2) is 13.2 Å². The van der Waals surface area contributed by atoms with Crippen molar-refractivity contribution < 1.29 is 18.3 Å². The maximum atomic E-state index is 12.6. The largest absolute Gasteiger partial charge is 0.477 e. The van der Waals surface area contributed by atoms with Gasteiger partial charge in [0.1, 0.15) is 9.09 Å². The summed E-state index contributed by atoms with van der Waals surface area (Å²) in [4.78, 5) is 11.1. The summed E-state index contributed by atoms with van der Waals surface area (Å²) in [6, 6.07) is 8.53. The van der Waals surface area contributed by atoms with Gasteiger partial charge in [0.25, 0.3) is 10.0 Å². The Morgan fingerprint density at radius 2 is 1.81 bits per heavy atom. The highest BCUT2D eigenvalue weighted by atomic mass is 32.2. The summed E-state index contributed by atoms with van der Waals surface area (Å²) in [5.74, 6) is -1.11. The number of aryl methyl sites for hydroxylation is 2. The Hall–Kier alpha value is -1.86. The molecule has 5 nitrogen and oxygen atoms in total. The number of anilines is 1. The highest BCUT2D eigenvalue weighted by molar-refractivity contribution is 7.94. The van der Waals surface area contributed by atoms with Crippen molar-refractivity contribution in [3.8, 4) is 0 Å². The molecule has 0 aliphatic carbocycles. The smallest absolute Gasteiger partial charge is 0.346 e. The summed E-state index contributed by atoms with van der Waals surface area (Å²) in [6.45, 7) is 3.41. The predicted molar refractivity (Wildman–Crippen MR) is 82.8 cm³/mol. The molecule has 2 aromatic rings. The summed E-state index contributed by atoms with van der Waals surface area (Å²) in [6.07, 6.45) is 0. The third kappa shape index (κ3) is 2.79. The SMILES string of the molecule is Cc1ccccc1N(C)S(=O)(=O)c1cc(C)c(C(=O)O)s1. The van der Waals surface area contributed by atoms with E-state index in [1.165, 1.54) is 17.4 Å². The number of nitrogens with zero attached hydrogens (tertiary/aromatic N) is 1. The second-order valence-electron chi connectivity index (χ2n) is 4.64. The van der Waals surface area contributed by atoms with Gasteiger partial charge in [0, 0.05) is 7.05 Å². The van der Waals surface area contributed by atoms with Crippen molar-refractivity contribution in [3.63, 3.8) is 0 Å². The second-order valence-corrected chi connectivity index (χ2v) is 7.89. The molecule has 0 radical (unpaired) electrons. The Morgan fingerprint density at radius 1 is 1.19 bits per heavy atom. The number of sulfonamides is 1. The van der Waals surface area contributed by atoms with E-state index in [4.69, 9.17) is 5.11 Å². The summed E-state index contributed by atoms with van der Waals surface area (Å²) in [5.41, 5.74) is 1.85. The first kappa shape index (κ1) is 15.5. The molecule has 0 spiro atoms. The van der Waals surface area contributed by atoms with Gasteiger partial charge in [0.15, 0.2) is 0 Å². The molecule has 0 unspecified atom stereocenters. The number of benzene rings is 1. The number of rotatable bonds is 4. The van der Waals surface area contributed by atoms with Gasteiger partial charge in [-0.15, -0.1) is 11.3 Å². The van der Waals surface area contributed by atoms with Gasteiger partial charge < -0.3 is 5.11 Å². The van der Waals surface area contributed by atoms with E-state index in [0.717, 1.165) is 16.9 Å². The van der Waals surface area contributed by atoms with Crippen LogP contribution in [0.2, 0.25) is 0 Å². The molecular weight excluding hydrogens is 310 g/mol. The normalized spacial score (nSPS) is 11.4. The van der Waals surface area contributed by atoms with Crippen LogP contribution < -0.4 is 4.31 Å². The number of thiophene rings is 1. The average molecular weight is 325 g/mol. The van der Waals surface area contributed by atoms with E-state index in [2.05, 4.69) is 0 Å². The van der Waals surface area contributed by atoms with Crippen LogP contribution in [-0.2, 0) is 10.0 Å². The van der Waals surface area contributed by atoms with Gasteiger partial charge in [-0.1, -0.05) is 18.2 Å². The molecule has 7 heteroatoms. The fourth-order valence-corrected chi connectivity index (χ4v) is 4.78. The van der Waals surface area contributed by atoms with E-state index in [1.54, 1.807) is 19.1 Å². The molecule has 0 atom stereocenters. The molecule has 0 aliphatic heterocycles. The highest BCUT2D eigenvalue weighted by Gasteiger charge is 2.26. The van der Waals surface area contributed by atoms with Crippen LogP contribution in [0.1, 0.15) is 20.8 Å². The van der Waals surface area contributed by atoms with Gasteiger partial charge in [0.05, 0.1) is 5.69 Å². The van der Waals surface area contributed by atoms with Gasteiger partial charge in [0.2, 0.25) is 0 Å².